The number of rotatable bonds is 5. The molecule has 0 atom stereocenters. The van der Waals surface area contributed by atoms with Crippen LogP contribution in [0.2, 0.25) is 0 Å². The minimum absolute atomic E-state index is 0.0799. The van der Waals surface area contributed by atoms with E-state index in [0.29, 0.717) is 0 Å². The van der Waals surface area contributed by atoms with E-state index in [1.165, 1.54) is 16.5 Å². The van der Waals surface area contributed by atoms with Gasteiger partial charge in [0.1, 0.15) is 5.75 Å². The highest BCUT2D eigenvalue weighted by atomic mass is 16.5. The quantitative estimate of drug-likeness (QED) is 0.488. The molecule has 2 heterocycles. The number of methoxy groups -OCH3 is 1. The summed E-state index contributed by atoms with van der Waals surface area (Å²) in [5.41, 5.74) is 6.15. The maximum absolute atomic E-state index is 13.0. The summed E-state index contributed by atoms with van der Waals surface area (Å²) < 4.78 is 5.26. The Balaban J connectivity index is 1.34. The zero-order valence-electron chi connectivity index (χ0n) is 18.0. The van der Waals surface area contributed by atoms with Crippen molar-refractivity contribution in [2.24, 2.45) is 0 Å². The largest absolute Gasteiger partial charge is 0.497 e. The van der Waals surface area contributed by atoms with E-state index in [9.17, 15) is 4.79 Å². The molecular formula is C27H25N3O2. The molecule has 1 aromatic heterocycles. The van der Waals surface area contributed by atoms with Gasteiger partial charge in [-0.1, -0.05) is 36.4 Å². The van der Waals surface area contributed by atoms with Gasteiger partial charge in [0.05, 0.1) is 12.6 Å². The second kappa shape index (κ2) is 8.81. The van der Waals surface area contributed by atoms with Crippen molar-refractivity contribution in [3.63, 3.8) is 0 Å². The molecule has 0 unspecified atom stereocenters. The standard InChI is InChI=1S/C27H25N3O2/c1-32-22-8-5-7-21(16-22)29-27(31)25-10-4-6-19-17-30(15-13-23(19)25)18-20-12-14-28-26-11-3-2-9-24(20)26/h2-12,14,16H,13,15,17-18H2,1H3,(H,29,31). The van der Waals surface area contributed by atoms with E-state index in [2.05, 4.69) is 45.5 Å². The Kier molecular flexibility index (Phi) is 5.57. The Morgan fingerprint density at radius 2 is 1.94 bits per heavy atom. The van der Waals surface area contributed by atoms with Crippen molar-refractivity contribution in [1.29, 1.82) is 0 Å². The highest BCUT2D eigenvalue weighted by molar-refractivity contribution is 6.05. The van der Waals surface area contributed by atoms with Crippen LogP contribution in [0.4, 0.5) is 5.69 Å². The van der Waals surface area contributed by atoms with E-state index in [-0.39, 0.29) is 5.91 Å². The number of hydrogen-bond acceptors (Lipinski definition) is 4. The van der Waals surface area contributed by atoms with Crippen LogP contribution < -0.4 is 10.1 Å². The van der Waals surface area contributed by atoms with Crippen molar-refractivity contribution < 1.29 is 9.53 Å². The second-order valence-corrected chi connectivity index (χ2v) is 8.08. The Morgan fingerprint density at radius 1 is 1.06 bits per heavy atom. The van der Waals surface area contributed by atoms with E-state index in [1.807, 2.05) is 48.7 Å². The molecule has 160 valence electrons. The first-order chi connectivity index (χ1) is 15.7. The Morgan fingerprint density at radius 3 is 2.84 bits per heavy atom. The Bertz CT molecular complexity index is 1280. The molecule has 0 saturated heterocycles. The third-order valence-corrected chi connectivity index (χ3v) is 6.05. The molecule has 0 spiro atoms. The van der Waals surface area contributed by atoms with Gasteiger partial charge in [0.15, 0.2) is 0 Å². The van der Waals surface area contributed by atoms with Gasteiger partial charge in [-0.2, -0.15) is 0 Å². The molecular weight excluding hydrogens is 398 g/mol. The lowest BCUT2D eigenvalue weighted by molar-refractivity contribution is 0.102. The molecule has 3 aromatic carbocycles. The smallest absolute Gasteiger partial charge is 0.255 e. The summed E-state index contributed by atoms with van der Waals surface area (Å²) in [5, 5.41) is 4.22. The zero-order valence-corrected chi connectivity index (χ0v) is 18.0. The van der Waals surface area contributed by atoms with Gasteiger partial charge in [-0.25, -0.2) is 0 Å². The van der Waals surface area contributed by atoms with Crippen LogP contribution in [0.15, 0.2) is 79.0 Å². The number of carbonyl (C=O) groups is 1. The van der Waals surface area contributed by atoms with Gasteiger partial charge >= 0.3 is 0 Å². The number of aromatic nitrogens is 1. The fraction of sp³-hybridized carbons (Fsp3) is 0.185. The van der Waals surface area contributed by atoms with Crippen LogP contribution in [0.3, 0.4) is 0 Å². The summed E-state index contributed by atoms with van der Waals surface area (Å²) >= 11 is 0. The summed E-state index contributed by atoms with van der Waals surface area (Å²) in [6.45, 7) is 2.60. The van der Waals surface area contributed by atoms with Crippen molar-refractivity contribution >= 4 is 22.5 Å². The molecule has 0 radical (unpaired) electrons. The molecule has 0 fully saturated rings. The van der Waals surface area contributed by atoms with Crippen LogP contribution in [0.25, 0.3) is 10.9 Å². The number of ether oxygens (including phenoxy) is 1. The number of pyridine rings is 1. The molecule has 5 rings (SSSR count). The highest BCUT2D eigenvalue weighted by Gasteiger charge is 2.22. The van der Waals surface area contributed by atoms with Crippen LogP contribution in [-0.2, 0) is 19.5 Å². The number of carbonyl (C=O) groups excluding carboxylic acids is 1. The fourth-order valence-electron chi connectivity index (χ4n) is 4.45. The first-order valence-electron chi connectivity index (χ1n) is 10.8. The van der Waals surface area contributed by atoms with Gasteiger partial charge in [-0.05, 0) is 53.4 Å². The van der Waals surface area contributed by atoms with Crippen molar-refractivity contribution in [2.75, 3.05) is 19.0 Å². The predicted molar refractivity (Wildman–Crippen MR) is 127 cm³/mol. The highest BCUT2D eigenvalue weighted by Crippen LogP contribution is 2.26. The van der Waals surface area contributed by atoms with E-state index >= 15 is 0 Å². The molecule has 0 bridgehead atoms. The van der Waals surface area contributed by atoms with E-state index in [4.69, 9.17) is 4.74 Å². The molecule has 5 nitrogen and oxygen atoms in total. The number of para-hydroxylation sites is 1. The summed E-state index contributed by atoms with van der Waals surface area (Å²) in [4.78, 5) is 19.9. The number of nitrogens with zero attached hydrogens (tertiary/aromatic N) is 2. The van der Waals surface area contributed by atoms with Crippen LogP contribution in [0.5, 0.6) is 5.75 Å². The summed E-state index contributed by atoms with van der Waals surface area (Å²) in [6, 6.07) is 23.8. The monoisotopic (exact) mass is 423 g/mol. The average Bonchev–Trinajstić information content (AvgIpc) is 2.84. The summed E-state index contributed by atoms with van der Waals surface area (Å²) in [5.74, 6) is 0.640. The SMILES string of the molecule is COc1cccc(NC(=O)c2cccc3c2CCN(Cc2ccnc4ccccc24)C3)c1. The average molecular weight is 424 g/mol. The molecule has 0 saturated carbocycles. The maximum atomic E-state index is 13.0. The van der Waals surface area contributed by atoms with Crippen LogP contribution in [-0.4, -0.2) is 29.4 Å². The van der Waals surface area contributed by atoms with Gasteiger partial charge in [-0.3, -0.25) is 14.7 Å². The van der Waals surface area contributed by atoms with Crippen molar-refractivity contribution in [3.8, 4) is 5.75 Å². The second-order valence-electron chi connectivity index (χ2n) is 8.08. The van der Waals surface area contributed by atoms with Crippen molar-refractivity contribution in [3.05, 3.63) is 101 Å². The molecule has 4 aromatic rings. The minimum Gasteiger partial charge on any atom is -0.497 e. The number of amides is 1. The van der Waals surface area contributed by atoms with E-state index < -0.39 is 0 Å². The maximum Gasteiger partial charge on any atom is 0.255 e. The van der Waals surface area contributed by atoms with Crippen LogP contribution in [0.1, 0.15) is 27.0 Å². The number of fused-ring (bicyclic) bond motifs is 2. The Hall–Kier alpha value is -3.70. The molecule has 0 aliphatic carbocycles. The number of nitrogens with one attached hydrogen (secondary N) is 1. The molecule has 1 aliphatic rings. The predicted octanol–water partition coefficient (Wildman–Crippen LogP) is 5.05. The summed E-state index contributed by atoms with van der Waals surface area (Å²) in [6.07, 6.45) is 2.73. The third-order valence-electron chi connectivity index (χ3n) is 6.05. The molecule has 1 N–H and O–H groups in total. The van der Waals surface area contributed by atoms with Gasteiger partial charge in [0, 0.05) is 48.5 Å². The molecule has 1 aliphatic heterocycles. The lowest BCUT2D eigenvalue weighted by Gasteiger charge is -2.30. The van der Waals surface area contributed by atoms with Crippen LogP contribution >= 0.6 is 0 Å². The molecule has 5 heteroatoms. The third kappa shape index (κ3) is 4.07. The first kappa shape index (κ1) is 20.2. The number of benzene rings is 3. The summed E-state index contributed by atoms with van der Waals surface area (Å²) in [7, 11) is 1.62. The van der Waals surface area contributed by atoms with Crippen molar-refractivity contribution in [1.82, 2.24) is 9.88 Å². The Labute approximate surface area is 187 Å². The van der Waals surface area contributed by atoms with Gasteiger partial charge in [0.25, 0.3) is 5.91 Å². The minimum atomic E-state index is -0.0799. The lowest BCUT2D eigenvalue weighted by atomic mass is 9.93. The first-order valence-corrected chi connectivity index (χ1v) is 10.8. The zero-order chi connectivity index (χ0) is 21.9. The fourth-order valence-corrected chi connectivity index (χ4v) is 4.45. The van der Waals surface area contributed by atoms with E-state index in [0.717, 1.165) is 54.1 Å². The molecule has 32 heavy (non-hydrogen) atoms. The van der Waals surface area contributed by atoms with Gasteiger partial charge < -0.3 is 10.1 Å². The van der Waals surface area contributed by atoms with Crippen molar-refractivity contribution in [2.45, 2.75) is 19.5 Å². The van der Waals surface area contributed by atoms with Gasteiger partial charge in [0.2, 0.25) is 0 Å². The number of anilines is 1. The topological polar surface area (TPSA) is 54.5 Å². The normalized spacial score (nSPS) is 13.5. The van der Waals surface area contributed by atoms with E-state index in [1.54, 1.807) is 7.11 Å². The van der Waals surface area contributed by atoms with Crippen LogP contribution in [0, 0.1) is 0 Å². The number of hydrogen-bond donors (Lipinski definition) is 1. The molecule has 1 amide bonds. The van der Waals surface area contributed by atoms with Gasteiger partial charge in [-0.15, -0.1) is 0 Å². The lowest BCUT2D eigenvalue weighted by Crippen LogP contribution is -2.31.